The van der Waals surface area contributed by atoms with Crippen LogP contribution in [-0.4, -0.2) is 40.0 Å². The maximum Gasteiger partial charge on any atom is 0.206 e. The molecule has 0 unspecified atom stereocenters. The van der Waals surface area contributed by atoms with E-state index in [4.69, 9.17) is 20.5 Å². The SMILES string of the molecule is CC(C)(CN)Oc1ccc(-c2cnc3cnc(-c4ccc(C#N)cc4)cn23)cc1.CNC=O. The van der Waals surface area contributed by atoms with Crippen LogP contribution in [0.3, 0.4) is 0 Å². The quantitative estimate of drug-likeness (QED) is 0.442. The molecule has 8 heteroatoms. The molecule has 0 aliphatic rings. The lowest BCUT2D eigenvalue weighted by atomic mass is 10.1. The molecule has 0 saturated carbocycles. The van der Waals surface area contributed by atoms with Gasteiger partial charge in [-0.25, -0.2) is 4.98 Å². The molecule has 33 heavy (non-hydrogen) atoms. The highest BCUT2D eigenvalue weighted by Gasteiger charge is 2.17. The molecule has 0 spiro atoms. The van der Waals surface area contributed by atoms with Crippen molar-refractivity contribution in [3.63, 3.8) is 0 Å². The van der Waals surface area contributed by atoms with Gasteiger partial charge >= 0.3 is 0 Å². The molecule has 0 aliphatic carbocycles. The van der Waals surface area contributed by atoms with Gasteiger partial charge in [0.1, 0.15) is 11.4 Å². The second-order valence-corrected chi connectivity index (χ2v) is 7.83. The smallest absolute Gasteiger partial charge is 0.206 e. The van der Waals surface area contributed by atoms with Crippen molar-refractivity contribution < 1.29 is 9.53 Å². The van der Waals surface area contributed by atoms with E-state index in [0.29, 0.717) is 18.5 Å². The highest BCUT2D eigenvalue weighted by atomic mass is 16.5. The van der Waals surface area contributed by atoms with Gasteiger partial charge in [-0.05, 0) is 50.2 Å². The zero-order valence-corrected chi connectivity index (χ0v) is 18.8. The van der Waals surface area contributed by atoms with Gasteiger partial charge in [0.25, 0.3) is 0 Å². The fourth-order valence-corrected chi connectivity index (χ4v) is 3.02. The lowest BCUT2D eigenvalue weighted by molar-refractivity contribution is -0.109. The summed E-state index contributed by atoms with van der Waals surface area (Å²) in [6.45, 7) is 4.36. The first kappa shape index (κ1) is 23.4. The standard InChI is InChI=1S/C23H21N5O.C2H5NO/c1-23(2,15-25)29-19-9-7-18(8-10-19)21-12-27-22-13-26-20(14-28(21)22)17-5-3-16(11-24)4-6-17;1-3-2-4/h3-10,12-14H,15,25H2,1-2H3;2H,1H3,(H,3,4). The number of rotatable bonds is 6. The summed E-state index contributed by atoms with van der Waals surface area (Å²) in [5, 5.41) is 11.2. The summed E-state index contributed by atoms with van der Waals surface area (Å²) in [5.74, 6) is 0.776. The monoisotopic (exact) mass is 442 g/mol. The van der Waals surface area contributed by atoms with Gasteiger partial charge in [0.05, 0.1) is 35.4 Å². The Morgan fingerprint density at radius 1 is 1.09 bits per heavy atom. The molecule has 2 aromatic carbocycles. The molecular formula is C25H26N6O2. The van der Waals surface area contributed by atoms with Crippen LogP contribution in [-0.2, 0) is 4.79 Å². The number of hydrogen-bond acceptors (Lipinski definition) is 6. The molecule has 0 saturated heterocycles. The number of ether oxygens (including phenoxy) is 1. The minimum atomic E-state index is -0.410. The number of nitrogens with zero attached hydrogens (tertiary/aromatic N) is 4. The molecule has 8 nitrogen and oxygen atoms in total. The van der Waals surface area contributed by atoms with E-state index in [1.165, 1.54) is 0 Å². The number of hydrogen-bond donors (Lipinski definition) is 2. The van der Waals surface area contributed by atoms with Crippen molar-refractivity contribution in [2.45, 2.75) is 19.4 Å². The van der Waals surface area contributed by atoms with Crippen LogP contribution in [0, 0.1) is 11.3 Å². The van der Waals surface area contributed by atoms with Gasteiger partial charge < -0.3 is 15.8 Å². The summed E-state index contributed by atoms with van der Waals surface area (Å²) in [4.78, 5) is 18.0. The Morgan fingerprint density at radius 2 is 1.73 bits per heavy atom. The Labute approximate surface area is 192 Å². The average Bonchev–Trinajstić information content (AvgIpc) is 3.28. The van der Waals surface area contributed by atoms with E-state index >= 15 is 0 Å². The van der Waals surface area contributed by atoms with Gasteiger partial charge in [-0.15, -0.1) is 0 Å². The minimum Gasteiger partial charge on any atom is -0.487 e. The maximum absolute atomic E-state index is 9.06. The predicted octanol–water partition coefficient (Wildman–Crippen LogP) is 3.41. The number of imidazole rings is 1. The number of benzene rings is 2. The Bertz CT molecular complexity index is 1260. The van der Waals surface area contributed by atoms with Crippen molar-refractivity contribution in [2.24, 2.45) is 5.73 Å². The first-order valence-corrected chi connectivity index (χ1v) is 10.3. The zero-order valence-electron chi connectivity index (χ0n) is 18.8. The number of amides is 1. The van der Waals surface area contributed by atoms with Gasteiger partial charge in [-0.3, -0.25) is 14.2 Å². The molecule has 4 aromatic rings. The molecule has 0 aliphatic heterocycles. The summed E-state index contributed by atoms with van der Waals surface area (Å²) >= 11 is 0. The maximum atomic E-state index is 9.06. The highest BCUT2D eigenvalue weighted by Crippen LogP contribution is 2.26. The number of carbonyl (C=O) groups excluding carboxylic acids is 1. The average molecular weight is 443 g/mol. The minimum absolute atomic E-state index is 0.410. The van der Waals surface area contributed by atoms with Gasteiger partial charge in [0, 0.05) is 30.9 Å². The molecule has 0 fully saturated rings. The van der Waals surface area contributed by atoms with Crippen molar-refractivity contribution in [1.82, 2.24) is 19.7 Å². The zero-order chi connectivity index (χ0) is 23.8. The molecule has 2 heterocycles. The normalized spacial score (nSPS) is 10.6. The van der Waals surface area contributed by atoms with E-state index in [2.05, 4.69) is 21.4 Å². The first-order chi connectivity index (χ1) is 15.9. The molecule has 4 rings (SSSR count). The molecule has 0 radical (unpaired) electrons. The van der Waals surface area contributed by atoms with E-state index in [1.54, 1.807) is 25.4 Å². The molecule has 0 bridgehead atoms. The van der Waals surface area contributed by atoms with Crippen LogP contribution in [0.1, 0.15) is 19.4 Å². The Kier molecular flexibility index (Phi) is 7.38. The lowest BCUT2D eigenvalue weighted by Gasteiger charge is -2.24. The molecule has 3 N–H and O–H groups in total. The van der Waals surface area contributed by atoms with Crippen molar-refractivity contribution in [3.8, 4) is 34.3 Å². The number of fused-ring (bicyclic) bond motifs is 1. The molecule has 168 valence electrons. The van der Waals surface area contributed by atoms with Crippen LogP contribution in [0.4, 0.5) is 0 Å². The Hall–Kier alpha value is -4.22. The van der Waals surface area contributed by atoms with Crippen molar-refractivity contribution in [3.05, 3.63) is 72.7 Å². The second kappa shape index (κ2) is 10.4. The molecule has 1 amide bonds. The third-order valence-electron chi connectivity index (χ3n) is 4.86. The van der Waals surface area contributed by atoms with E-state index in [0.717, 1.165) is 33.9 Å². The van der Waals surface area contributed by atoms with E-state index in [1.807, 2.05) is 67.0 Å². The fraction of sp³-hybridized carbons (Fsp3) is 0.200. The van der Waals surface area contributed by atoms with E-state index in [9.17, 15) is 0 Å². The number of nitrogens with one attached hydrogen (secondary N) is 1. The number of nitrogens with two attached hydrogens (primary N) is 1. The van der Waals surface area contributed by atoms with Gasteiger partial charge in [-0.1, -0.05) is 12.1 Å². The molecule has 0 atom stereocenters. The third kappa shape index (κ3) is 5.73. The third-order valence-corrected chi connectivity index (χ3v) is 4.86. The first-order valence-electron chi connectivity index (χ1n) is 10.3. The summed E-state index contributed by atoms with van der Waals surface area (Å²) in [6.07, 6.45) is 6.17. The van der Waals surface area contributed by atoms with Gasteiger partial charge in [-0.2, -0.15) is 5.26 Å². The largest absolute Gasteiger partial charge is 0.487 e. The molecular weight excluding hydrogens is 416 g/mol. The van der Waals surface area contributed by atoms with Crippen LogP contribution >= 0.6 is 0 Å². The fourth-order valence-electron chi connectivity index (χ4n) is 3.02. The molecule has 2 aromatic heterocycles. The van der Waals surface area contributed by atoms with Crippen LogP contribution in [0.15, 0.2) is 67.1 Å². The number of nitriles is 1. The van der Waals surface area contributed by atoms with Crippen LogP contribution in [0.2, 0.25) is 0 Å². The topological polar surface area (TPSA) is 118 Å². The predicted molar refractivity (Wildman–Crippen MR) is 127 cm³/mol. The number of carbonyl (C=O) groups is 1. The summed E-state index contributed by atoms with van der Waals surface area (Å²) in [5.41, 5.74) is 10.5. The second-order valence-electron chi connectivity index (χ2n) is 7.83. The van der Waals surface area contributed by atoms with Crippen molar-refractivity contribution >= 4 is 12.1 Å². The summed E-state index contributed by atoms with van der Waals surface area (Å²) in [7, 11) is 1.56. The number of aromatic nitrogens is 3. The lowest BCUT2D eigenvalue weighted by Crippen LogP contribution is -2.37. The Balaban J connectivity index is 0.000000709. The summed E-state index contributed by atoms with van der Waals surface area (Å²) < 4.78 is 7.94. The van der Waals surface area contributed by atoms with Crippen LogP contribution < -0.4 is 15.8 Å². The van der Waals surface area contributed by atoms with Crippen LogP contribution in [0.25, 0.3) is 28.2 Å². The van der Waals surface area contributed by atoms with Gasteiger partial charge in [0.15, 0.2) is 5.65 Å². The highest BCUT2D eigenvalue weighted by molar-refractivity contribution is 5.67. The van der Waals surface area contributed by atoms with Crippen LogP contribution in [0.5, 0.6) is 5.75 Å². The van der Waals surface area contributed by atoms with Crippen molar-refractivity contribution in [1.29, 1.82) is 5.26 Å². The van der Waals surface area contributed by atoms with E-state index in [-0.39, 0.29) is 0 Å². The Morgan fingerprint density at radius 3 is 2.30 bits per heavy atom. The van der Waals surface area contributed by atoms with Crippen molar-refractivity contribution in [2.75, 3.05) is 13.6 Å². The van der Waals surface area contributed by atoms with Gasteiger partial charge in [0.2, 0.25) is 6.41 Å². The van der Waals surface area contributed by atoms with E-state index < -0.39 is 5.60 Å². The summed E-state index contributed by atoms with van der Waals surface area (Å²) in [6, 6.07) is 17.4.